The lowest BCUT2D eigenvalue weighted by atomic mass is 9.83. The molecule has 2 heterocycles. The smallest absolute Gasteiger partial charge is 0.140 e. The van der Waals surface area contributed by atoms with E-state index < -0.39 is 0 Å². The van der Waals surface area contributed by atoms with Crippen LogP contribution in [0.5, 0.6) is 0 Å². The Balaban J connectivity index is 2.39. The summed E-state index contributed by atoms with van der Waals surface area (Å²) in [5, 5.41) is 12.1. The Bertz CT molecular complexity index is 388. The first-order chi connectivity index (χ1) is 7.30. The van der Waals surface area contributed by atoms with Crippen LogP contribution in [0.2, 0.25) is 0 Å². The summed E-state index contributed by atoms with van der Waals surface area (Å²) in [5.74, 6) is 0. The molecule has 2 rings (SSSR count). The molecule has 1 saturated heterocycles. The summed E-state index contributed by atoms with van der Waals surface area (Å²) in [7, 11) is 0. The lowest BCUT2D eigenvalue weighted by Gasteiger charge is -2.25. The van der Waals surface area contributed by atoms with Crippen LogP contribution in [0.3, 0.4) is 0 Å². The van der Waals surface area contributed by atoms with Crippen LogP contribution in [0.1, 0.15) is 17.8 Å². The van der Waals surface area contributed by atoms with E-state index in [1.807, 2.05) is 12.1 Å². The fourth-order valence-corrected chi connectivity index (χ4v) is 2.03. The van der Waals surface area contributed by atoms with E-state index in [4.69, 9.17) is 11.0 Å². The molecular formula is C11H14N4. The first-order valence-electron chi connectivity index (χ1n) is 5.09. The Labute approximate surface area is 89.1 Å². The van der Waals surface area contributed by atoms with Gasteiger partial charge in [-0.15, -0.1) is 0 Å². The van der Waals surface area contributed by atoms with Gasteiger partial charge in [-0.25, -0.2) is 4.98 Å². The Kier molecular flexibility index (Phi) is 2.67. The largest absolute Gasteiger partial charge is 0.329 e. The molecule has 1 aliphatic heterocycles. The van der Waals surface area contributed by atoms with Gasteiger partial charge in [0.25, 0.3) is 0 Å². The van der Waals surface area contributed by atoms with E-state index in [0.717, 1.165) is 25.2 Å². The van der Waals surface area contributed by atoms with Gasteiger partial charge in [-0.2, -0.15) is 5.26 Å². The van der Waals surface area contributed by atoms with Gasteiger partial charge in [0, 0.05) is 18.5 Å². The maximum atomic E-state index is 8.80. The number of nitriles is 1. The molecule has 0 aliphatic carbocycles. The number of rotatable bonds is 2. The molecule has 1 aromatic rings. The molecule has 1 aliphatic rings. The lowest BCUT2D eigenvalue weighted by Crippen LogP contribution is -2.38. The van der Waals surface area contributed by atoms with Crippen LogP contribution in [0.25, 0.3) is 0 Å². The Morgan fingerprint density at radius 2 is 2.47 bits per heavy atom. The fraction of sp³-hybridized carbons (Fsp3) is 0.455. The van der Waals surface area contributed by atoms with E-state index in [9.17, 15) is 0 Å². The van der Waals surface area contributed by atoms with Crippen molar-refractivity contribution in [1.29, 1.82) is 5.26 Å². The molecule has 1 unspecified atom stereocenters. The molecule has 3 N–H and O–H groups in total. The van der Waals surface area contributed by atoms with E-state index in [1.54, 1.807) is 6.07 Å². The van der Waals surface area contributed by atoms with E-state index in [2.05, 4.69) is 16.4 Å². The highest BCUT2D eigenvalue weighted by atomic mass is 14.9. The molecule has 0 radical (unpaired) electrons. The highest BCUT2D eigenvalue weighted by Crippen LogP contribution is 2.28. The van der Waals surface area contributed by atoms with Gasteiger partial charge in [-0.3, -0.25) is 0 Å². The number of nitrogens with zero attached hydrogens (tertiary/aromatic N) is 2. The zero-order valence-electron chi connectivity index (χ0n) is 8.53. The zero-order valence-corrected chi connectivity index (χ0v) is 8.53. The van der Waals surface area contributed by atoms with Crippen LogP contribution >= 0.6 is 0 Å². The van der Waals surface area contributed by atoms with Crippen molar-refractivity contribution in [2.45, 2.75) is 11.8 Å². The molecular weight excluding hydrogens is 188 g/mol. The van der Waals surface area contributed by atoms with Crippen LogP contribution < -0.4 is 11.1 Å². The highest BCUT2D eigenvalue weighted by molar-refractivity contribution is 5.28. The quantitative estimate of drug-likeness (QED) is 0.715. The minimum atomic E-state index is -0.0765. The molecule has 0 saturated carbocycles. The van der Waals surface area contributed by atoms with E-state index in [-0.39, 0.29) is 5.41 Å². The summed E-state index contributed by atoms with van der Waals surface area (Å²) >= 11 is 0. The summed E-state index contributed by atoms with van der Waals surface area (Å²) in [6, 6.07) is 7.61. The Morgan fingerprint density at radius 1 is 1.60 bits per heavy atom. The van der Waals surface area contributed by atoms with Crippen molar-refractivity contribution in [3.8, 4) is 6.07 Å². The van der Waals surface area contributed by atoms with Crippen LogP contribution in [-0.4, -0.2) is 24.6 Å². The lowest BCUT2D eigenvalue weighted by molar-refractivity contribution is 0.468. The highest BCUT2D eigenvalue weighted by Gasteiger charge is 2.35. The first kappa shape index (κ1) is 10.1. The summed E-state index contributed by atoms with van der Waals surface area (Å²) in [6.45, 7) is 2.39. The minimum absolute atomic E-state index is 0.0765. The number of nitrogens with one attached hydrogen (secondary N) is 1. The van der Waals surface area contributed by atoms with E-state index >= 15 is 0 Å². The molecule has 0 spiro atoms. The van der Waals surface area contributed by atoms with Crippen molar-refractivity contribution in [3.63, 3.8) is 0 Å². The van der Waals surface area contributed by atoms with Crippen molar-refractivity contribution in [3.05, 3.63) is 29.6 Å². The molecule has 1 fully saturated rings. The number of hydrogen-bond donors (Lipinski definition) is 2. The van der Waals surface area contributed by atoms with Crippen molar-refractivity contribution < 1.29 is 0 Å². The van der Waals surface area contributed by atoms with Crippen molar-refractivity contribution in [2.75, 3.05) is 19.6 Å². The zero-order chi connectivity index (χ0) is 10.7. The molecule has 78 valence electrons. The van der Waals surface area contributed by atoms with Gasteiger partial charge in [-0.1, -0.05) is 6.07 Å². The standard InChI is InChI=1S/C11H14N4/c12-6-9-2-1-3-10(15-9)11(7-13)4-5-14-8-11/h1-3,14H,4-5,7-8,13H2. The fourth-order valence-electron chi connectivity index (χ4n) is 2.03. The number of pyridine rings is 1. The van der Waals surface area contributed by atoms with Crippen LogP contribution in [-0.2, 0) is 5.41 Å². The minimum Gasteiger partial charge on any atom is -0.329 e. The second-order valence-electron chi connectivity index (χ2n) is 3.93. The first-order valence-corrected chi connectivity index (χ1v) is 5.09. The SMILES string of the molecule is N#Cc1cccc(C2(CN)CCNC2)n1. The number of hydrogen-bond acceptors (Lipinski definition) is 4. The van der Waals surface area contributed by atoms with Gasteiger partial charge in [0.05, 0.1) is 5.69 Å². The average Bonchev–Trinajstić information content (AvgIpc) is 2.79. The van der Waals surface area contributed by atoms with E-state index in [1.165, 1.54) is 0 Å². The monoisotopic (exact) mass is 202 g/mol. The predicted molar refractivity (Wildman–Crippen MR) is 57.2 cm³/mol. The normalized spacial score (nSPS) is 25.1. The van der Waals surface area contributed by atoms with Gasteiger partial charge in [0.1, 0.15) is 11.8 Å². The molecule has 0 bridgehead atoms. The van der Waals surface area contributed by atoms with Crippen molar-refractivity contribution in [2.24, 2.45) is 5.73 Å². The van der Waals surface area contributed by atoms with E-state index in [0.29, 0.717) is 12.2 Å². The maximum Gasteiger partial charge on any atom is 0.140 e. The maximum absolute atomic E-state index is 8.80. The molecule has 15 heavy (non-hydrogen) atoms. The molecule has 4 nitrogen and oxygen atoms in total. The van der Waals surface area contributed by atoms with Crippen LogP contribution in [0, 0.1) is 11.3 Å². The van der Waals surface area contributed by atoms with Gasteiger partial charge in [0.2, 0.25) is 0 Å². The Hall–Kier alpha value is -1.44. The summed E-state index contributed by atoms with van der Waals surface area (Å²) < 4.78 is 0. The van der Waals surface area contributed by atoms with Gasteiger partial charge in [-0.05, 0) is 25.1 Å². The third-order valence-electron chi connectivity index (χ3n) is 3.04. The van der Waals surface area contributed by atoms with Gasteiger partial charge in [0.15, 0.2) is 0 Å². The van der Waals surface area contributed by atoms with Crippen molar-refractivity contribution in [1.82, 2.24) is 10.3 Å². The topological polar surface area (TPSA) is 74.7 Å². The molecule has 0 amide bonds. The third-order valence-corrected chi connectivity index (χ3v) is 3.04. The summed E-state index contributed by atoms with van der Waals surface area (Å²) in [6.07, 6.45) is 0.991. The van der Waals surface area contributed by atoms with Gasteiger partial charge >= 0.3 is 0 Å². The summed E-state index contributed by atoms with van der Waals surface area (Å²) in [5.41, 5.74) is 7.16. The third kappa shape index (κ3) is 1.72. The van der Waals surface area contributed by atoms with Crippen LogP contribution in [0.15, 0.2) is 18.2 Å². The molecule has 4 heteroatoms. The van der Waals surface area contributed by atoms with Crippen molar-refractivity contribution >= 4 is 0 Å². The molecule has 1 atom stereocenters. The Morgan fingerprint density at radius 3 is 3.07 bits per heavy atom. The van der Waals surface area contributed by atoms with Crippen LogP contribution in [0.4, 0.5) is 0 Å². The van der Waals surface area contributed by atoms with Gasteiger partial charge < -0.3 is 11.1 Å². The summed E-state index contributed by atoms with van der Waals surface area (Å²) in [4.78, 5) is 4.34. The second kappa shape index (κ2) is 3.97. The number of aromatic nitrogens is 1. The number of nitrogens with two attached hydrogens (primary N) is 1. The molecule has 1 aromatic heterocycles. The second-order valence-corrected chi connectivity index (χ2v) is 3.93. The average molecular weight is 202 g/mol. The molecule has 0 aromatic carbocycles. The predicted octanol–water partition coefficient (Wildman–Crippen LogP) is 0.143.